The highest BCUT2D eigenvalue weighted by atomic mass is 32.2. The summed E-state index contributed by atoms with van der Waals surface area (Å²) in [6, 6.07) is 9.25. The van der Waals surface area contributed by atoms with Crippen molar-refractivity contribution in [1.29, 1.82) is 0 Å². The normalized spacial score (nSPS) is 22.1. The Morgan fingerprint density at radius 2 is 1.86 bits per heavy atom. The van der Waals surface area contributed by atoms with Crippen LogP contribution in [0.25, 0.3) is 5.57 Å². The molecule has 3 heteroatoms. The zero-order valence-electron chi connectivity index (χ0n) is 12.9. The SMILES string of the molecule is C1=CN2CCSN=C2C(c2ccc(C3CCCCC3)cc2)=C1. The molecule has 114 valence electrons. The van der Waals surface area contributed by atoms with Crippen molar-refractivity contribution in [3.05, 3.63) is 53.7 Å². The summed E-state index contributed by atoms with van der Waals surface area (Å²) >= 11 is 1.68. The lowest BCUT2D eigenvalue weighted by Crippen LogP contribution is -2.32. The van der Waals surface area contributed by atoms with Crippen LogP contribution in [0.4, 0.5) is 0 Å². The topological polar surface area (TPSA) is 15.6 Å². The van der Waals surface area contributed by atoms with Crippen molar-refractivity contribution in [3.8, 4) is 0 Å². The standard InChI is InChI=1S/C19H22N2S/c1-2-5-15(6-3-1)16-8-10-17(11-9-16)18-7-4-12-21-13-14-22-20-19(18)21/h4,7-12,15H,1-3,5-6,13-14H2. The van der Waals surface area contributed by atoms with E-state index < -0.39 is 0 Å². The van der Waals surface area contributed by atoms with E-state index in [2.05, 4.69) is 51.9 Å². The molecule has 22 heavy (non-hydrogen) atoms. The predicted octanol–water partition coefficient (Wildman–Crippen LogP) is 5.01. The highest BCUT2D eigenvalue weighted by Crippen LogP contribution is 2.34. The Morgan fingerprint density at radius 1 is 1.05 bits per heavy atom. The van der Waals surface area contributed by atoms with Crippen molar-refractivity contribution in [2.45, 2.75) is 38.0 Å². The van der Waals surface area contributed by atoms with Crippen LogP contribution in [0.2, 0.25) is 0 Å². The second-order valence-electron chi connectivity index (χ2n) is 6.32. The Morgan fingerprint density at radius 3 is 2.68 bits per heavy atom. The van der Waals surface area contributed by atoms with Gasteiger partial charge in [0.15, 0.2) is 0 Å². The molecule has 0 amide bonds. The number of amidine groups is 1. The quantitative estimate of drug-likeness (QED) is 0.714. The van der Waals surface area contributed by atoms with Gasteiger partial charge in [0, 0.05) is 24.1 Å². The molecule has 1 aromatic carbocycles. The molecule has 2 aliphatic heterocycles. The minimum Gasteiger partial charge on any atom is -0.331 e. The molecule has 0 atom stereocenters. The fraction of sp³-hybridized carbons (Fsp3) is 0.421. The van der Waals surface area contributed by atoms with Crippen LogP contribution in [0.5, 0.6) is 0 Å². The van der Waals surface area contributed by atoms with Gasteiger partial charge in [0.25, 0.3) is 0 Å². The monoisotopic (exact) mass is 310 g/mol. The third-order valence-electron chi connectivity index (χ3n) is 4.91. The van der Waals surface area contributed by atoms with Crippen molar-refractivity contribution in [2.24, 2.45) is 4.40 Å². The largest absolute Gasteiger partial charge is 0.331 e. The minimum atomic E-state index is 0.780. The van der Waals surface area contributed by atoms with Crippen LogP contribution < -0.4 is 0 Å². The summed E-state index contributed by atoms with van der Waals surface area (Å²) in [4.78, 5) is 2.26. The number of fused-ring (bicyclic) bond motifs is 1. The van der Waals surface area contributed by atoms with Crippen LogP contribution in [-0.2, 0) is 0 Å². The van der Waals surface area contributed by atoms with Crippen molar-refractivity contribution < 1.29 is 0 Å². The van der Waals surface area contributed by atoms with Gasteiger partial charge in [0.1, 0.15) is 5.84 Å². The van der Waals surface area contributed by atoms with Crippen LogP contribution in [0.3, 0.4) is 0 Å². The molecule has 1 fully saturated rings. The van der Waals surface area contributed by atoms with Gasteiger partial charge in [-0.15, -0.1) is 0 Å². The maximum Gasteiger partial charge on any atom is 0.148 e. The van der Waals surface area contributed by atoms with Crippen LogP contribution >= 0.6 is 11.9 Å². The molecule has 0 saturated heterocycles. The van der Waals surface area contributed by atoms with Crippen molar-refractivity contribution in [3.63, 3.8) is 0 Å². The summed E-state index contributed by atoms with van der Waals surface area (Å²) in [7, 11) is 0. The molecule has 0 N–H and O–H groups in total. The number of hydrogen-bond acceptors (Lipinski definition) is 3. The van der Waals surface area contributed by atoms with E-state index in [0.717, 1.165) is 24.1 Å². The molecule has 3 aliphatic rings. The first-order chi connectivity index (χ1) is 10.9. The van der Waals surface area contributed by atoms with E-state index in [-0.39, 0.29) is 0 Å². The van der Waals surface area contributed by atoms with Crippen molar-refractivity contribution in [2.75, 3.05) is 12.3 Å². The zero-order valence-corrected chi connectivity index (χ0v) is 13.7. The molecule has 2 nitrogen and oxygen atoms in total. The van der Waals surface area contributed by atoms with E-state index >= 15 is 0 Å². The summed E-state index contributed by atoms with van der Waals surface area (Å²) in [5.41, 5.74) is 4.06. The van der Waals surface area contributed by atoms with E-state index in [9.17, 15) is 0 Å². The second kappa shape index (κ2) is 6.33. The summed E-state index contributed by atoms with van der Waals surface area (Å²) in [6.45, 7) is 1.05. The summed E-state index contributed by atoms with van der Waals surface area (Å²) in [5.74, 6) is 2.97. The summed E-state index contributed by atoms with van der Waals surface area (Å²) in [6.07, 6.45) is 13.4. The number of benzene rings is 1. The molecular weight excluding hydrogens is 288 g/mol. The van der Waals surface area contributed by atoms with E-state index in [1.54, 1.807) is 11.9 Å². The van der Waals surface area contributed by atoms with Gasteiger partial charge in [-0.1, -0.05) is 43.5 Å². The third kappa shape index (κ3) is 2.74. The highest BCUT2D eigenvalue weighted by molar-refractivity contribution is 7.98. The molecule has 1 aromatic rings. The molecule has 0 spiro atoms. The van der Waals surface area contributed by atoms with Crippen LogP contribution in [-0.4, -0.2) is 23.0 Å². The van der Waals surface area contributed by atoms with Crippen molar-refractivity contribution in [1.82, 2.24) is 4.90 Å². The van der Waals surface area contributed by atoms with Crippen LogP contribution in [0, 0.1) is 0 Å². The minimum absolute atomic E-state index is 0.780. The summed E-state index contributed by atoms with van der Waals surface area (Å²) in [5, 5.41) is 0. The number of allylic oxidation sites excluding steroid dienone is 2. The Hall–Kier alpha value is -1.48. The van der Waals surface area contributed by atoms with Crippen LogP contribution in [0.1, 0.15) is 49.1 Å². The maximum absolute atomic E-state index is 4.66. The highest BCUT2D eigenvalue weighted by Gasteiger charge is 2.21. The first-order valence-electron chi connectivity index (χ1n) is 8.37. The lowest BCUT2D eigenvalue weighted by molar-refractivity contribution is 0.443. The Balaban J connectivity index is 1.59. The van der Waals surface area contributed by atoms with E-state index in [1.807, 2.05) is 0 Å². The van der Waals surface area contributed by atoms with E-state index in [1.165, 1.54) is 48.8 Å². The van der Waals surface area contributed by atoms with Gasteiger partial charge in [-0.05, 0) is 54.0 Å². The van der Waals surface area contributed by atoms with Gasteiger partial charge in [-0.2, -0.15) is 4.40 Å². The Kier molecular flexibility index (Phi) is 4.07. The molecule has 2 heterocycles. The van der Waals surface area contributed by atoms with Gasteiger partial charge in [0.2, 0.25) is 0 Å². The lowest BCUT2D eigenvalue weighted by Gasteiger charge is -2.29. The Labute approximate surface area is 137 Å². The summed E-state index contributed by atoms with van der Waals surface area (Å²) < 4.78 is 4.66. The Bertz CT molecular complexity index is 621. The average Bonchev–Trinajstić information content (AvgIpc) is 2.62. The van der Waals surface area contributed by atoms with Gasteiger partial charge in [-0.25, -0.2) is 0 Å². The fourth-order valence-corrected chi connectivity index (χ4v) is 4.36. The molecule has 0 aromatic heterocycles. The zero-order chi connectivity index (χ0) is 14.8. The molecule has 0 unspecified atom stereocenters. The number of nitrogens with zero attached hydrogens (tertiary/aromatic N) is 2. The fourth-order valence-electron chi connectivity index (χ4n) is 3.67. The number of rotatable bonds is 2. The molecule has 0 bridgehead atoms. The maximum atomic E-state index is 4.66. The number of hydrogen-bond donors (Lipinski definition) is 0. The second-order valence-corrected chi connectivity index (χ2v) is 7.17. The first-order valence-corrected chi connectivity index (χ1v) is 9.32. The smallest absolute Gasteiger partial charge is 0.148 e. The van der Waals surface area contributed by atoms with Gasteiger partial charge in [-0.3, -0.25) is 0 Å². The van der Waals surface area contributed by atoms with E-state index in [4.69, 9.17) is 0 Å². The molecular formula is C19H22N2S. The molecule has 1 aliphatic carbocycles. The van der Waals surface area contributed by atoms with Gasteiger partial charge in [0.05, 0.1) is 0 Å². The van der Waals surface area contributed by atoms with Gasteiger partial charge >= 0.3 is 0 Å². The average molecular weight is 310 g/mol. The third-order valence-corrected chi connectivity index (χ3v) is 5.58. The predicted molar refractivity (Wildman–Crippen MR) is 96.0 cm³/mol. The van der Waals surface area contributed by atoms with Crippen LogP contribution in [0.15, 0.2) is 47.0 Å². The molecule has 0 radical (unpaired) electrons. The van der Waals surface area contributed by atoms with Crippen molar-refractivity contribution >= 4 is 23.4 Å². The lowest BCUT2D eigenvalue weighted by atomic mass is 9.83. The molecule has 1 saturated carbocycles. The van der Waals surface area contributed by atoms with E-state index in [0.29, 0.717) is 0 Å². The first kappa shape index (κ1) is 14.1. The molecule has 4 rings (SSSR count). The van der Waals surface area contributed by atoms with Gasteiger partial charge < -0.3 is 4.90 Å².